The molecule has 7 heavy (non-hydrogen) atoms. The first-order chi connectivity index (χ1) is 2.41. The minimum Gasteiger partial charge on any atom is -1.00 e. The van der Waals surface area contributed by atoms with Crippen molar-refractivity contribution in [2.45, 2.75) is 33.1 Å². The molecule has 2 heteroatoms. The third-order valence-corrected chi connectivity index (χ3v) is 0.707. The second kappa shape index (κ2) is 16.1. The van der Waals surface area contributed by atoms with Crippen LogP contribution in [0.4, 0.5) is 0 Å². The Morgan fingerprint density at radius 1 is 1.00 bits per heavy atom. The average Bonchev–Trinajstić information content (AvgIpc) is 1.41. The molecule has 0 aromatic heterocycles. The Morgan fingerprint density at radius 3 is 1.29 bits per heavy atom. The van der Waals surface area contributed by atoms with E-state index in [0.29, 0.717) is 0 Å². The molecule has 0 fully saturated rings. The molecule has 0 radical (unpaired) electrons. The first-order valence-corrected chi connectivity index (χ1v) is 2.41. The summed E-state index contributed by atoms with van der Waals surface area (Å²) >= 11 is 0. The van der Waals surface area contributed by atoms with E-state index < -0.39 is 0 Å². The van der Waals surface area contributed by atoms with Crippen LogP contribution in [0.15, 0.2) is 0 Å². The topological polar surface area (TPSA) is 0 Å². The van der Waals surface area contributed by atoms with Crippen molar-refractivity contribution in [2.75, 3.05) is 0 Å². The number of unbranched alkanes of at least 4 members (excludes halogenated alkanes) is 2. The first-order valence-electron chi connectivity index (χ1n) is 2.41. The Bertz CT molecular complexity index is 20.4. The Morgan fingerprint density at radius 2 is 1.29 bits per heavy atom. The van der Waals surface area contributed by atoms with Crippen LogP contribution in [0.5, 0.6) is 0 Å². The Balaban J connectivity index is -0.0000000133. The fourth-order valence-electron chi connectivity index (χ4n) is 0.354. The largest absolute Gasteiger partial charge is 1.00 e. The van der Waals surface area contributed by atoms with Crippen LogP contribution in [0.25, 0.3) is 0 Å². The maximum atomic E-state index is 2.21. The van der Waals surface area contributed by atoms with Crippen LogP contribution >= 0.6 is 0 Å². The first kappa shape index (κ1) is 16.7. The number of rotatable bonds is 2. The van der Waals surface area contributed by atoms with Crippen molar-refractivity contribution in [3.8, 4) is 0 Å². The summed E-state index contributed by atoms with van der Waals surface area (Å²) < 4.78 is 0. The van der Waals surface area contributed by atoms with Crippen LogP contribution in [0.3, 0.4) is 0 Å². The van der Waals surface area contributed by atoms with Crippen LogP contribution in [0, 0.1) is 0 Å². The smallest absolute Gasteiger partial charge is 1.00 e. The number of hydrogen-bond acceptors (Lipinski definition) is 0. The molecule has 0 bridgehead atoms. The molecule has 0 amide bonds. The average molecular weight is 152 g/mol. The summed E-state index contributed by atoms with van der Waals surface area (Å²) in [6, 6.07) is 0. The van der Waals surface area contributed by atoms with Gasteiger partial charge in [0.25, 0.3) is 0 Å². The zero-order valence-electron chi connectivity index (χ0n) is 8.12. The van der Waals surface area contributed by atoms with Crippen LogP contribution < -0.4 is 103 Å². The van der Waals surface area contributed by atoms with Gasteiger partial charge in [0.2, 0.25) is 0 Å². The SMILES string of the molecule is CCCCC.[H-].[H-].[K+].[K+]. The molecule has 0 rings (SSSR count). The fourth-order valence-corrected chi connectivity index (χ4v) is 0.354. The van der Waals surface area contributed by atoms with E-state index >= 15 is 0 Å². The predicted molar refractivity (Wildman–Crippen MR) is 27.4 cm³/mol. The third-order valence-electron chi connectivity index (χ3n) is 0.707. The maximum absolute atomic E-state index is 2.21. The van der Waals surface area contributed by atoms with E-state index in [9.17, 15) is 0 Å². The molecule has 0 N–H and O–H groups in total. The van der Waals surface area contributed by atoms with Crippen LogP contribution in [0.2, 0.25) is 0 Å². The van der Waals surface area contributed by atoms with Gasteiger partial charge in [-0.3, -0.25) is 0 Å². The molecule has 0 aliphatic carbocycles. The normalized spacial score (nSPS) is 6.00. The van der Waals surface area contributed by atoms with Gasteiger partial charge in [-0.25, -0.2) is 0 Å². The summed E-state index contributed by atoms with van der Waals surface area (Å²) in [4.78, 5) is 0. The van der Waals surface area contributed by atoms with Crippen molar-refractivity contribution >= 4 is 0 Å². The van der Waals surface area contributed by atoms with E-state index in [-0.39, 0.29) is 106 Å². The molecule has 0 aromatic rings. The maximum Gasteiger partial charge on any atom is 1.00 e. The Labute approximate surface area is 135 Å². The molecular weight excluding hydrogens is 138 g/mol. The fraction of sp³-hybridized carbons (Fsp3) is 1.00. The second-order valence-electron chi connectivity index (χ2n) is 1.35. The van der Waals surface area contributed by atoms with Crippen molar-refractivity contribution in [1.29, 1.82) is 0 Å². The van der Waals surface area contributed by atoms with E-state index in [4.69, 9.17) is 0 Å². The van der Waals surface area contributed by atoms with Gasteiger partial charge in [0.1, 0.15) is 0 Å². The van der Waals surface area contributed by atoms with E-state index in [1.165, 1.54) is 19.3 Å². The van der Waals surface area contributed by atoms with Crippen molar-refractivity contribution in [3.63, 3.8) is 0 Å². The summed E-state index contributed by atoms with van der Waals surface area (Å²) in [5.74, 6) is 0. The molecule has 0 nitrogen and oxygen atoms in total. The van der Waals surface area contributed by atoms with Crippen molar-refractivity contribution in [2.24, 2.45) is 0 Å². The molecular formula is C5H14K2. The summed E-state index contributed by atoms with van der Waals surface area (Å²) in [6.07, 6.45) is 4.08. The number of hydrogen-bond donors (Lipinski definition) is 0. The van der Waals surface area contributed by atoms with Crippen LogP contribution in [0.1, 0.15) is 36.0 Å². The third kappa shape index (κ3) is 17.6. The summed E-state index contributed by atoms with van der Waals surface area (Å²) in [7, 11) is 0. The van der Waals surface area contributed by atoms with Crippen molar-refractivity contribution in [1.82, 2.24) is 0 Å². The molecule has 36 valence electrons. The molecule has 0 unspecified atom stereocenters. The van der Waals surface area contributed by atoms with Crippen molar-refractivity contribution < 1.29 is 106 Å². The standard InChI is InChI=1S/C5H12.2K.2H/c1-3-5-4-2;;;;/h3-5H2,1-2H3;;;;/q;2*+1;2*-1. The van der Waals surface area contributed by atoms with Gasteiger partial charge in [0.15, 0.2) is 0 Å². The Kier molecular flexibility index (Phi) is 38.5. The van der Waals surface area contributed by atoms with Gasteiger partial charge in [-0.1, -0.05) is 33.1 Å². The van der Waals surface area contributed by atoms with Gasteiger partial charge in [-0.15, -0.1) is 0 Å². The van der Waals surface area contributed by atoms with Gasteiger partial charge in [-0.2, -0.15) is 0 Å². The minimum absolute atomic E-state index is 0. The molecule has 0 aliphatic heterocycles. The van der Waals surface area contributed by atoms with Crippen LogP contribution in [-0.4, -0.2) is 0 Å². The molecule has 0 aromatic carbocycles. The zero-order valence-corrected chi connectivity index (χ0v) is 12.4. The second-order valence-corrected chi connectivity index (χ2v) is 1.35. The molecule has 0 spiro atoms. The van der Waals surface area contributed by atoms with Gasteiger partial charge in [0.05, 0.1) is 0 Å². The van der Waals surface area contributed by atoms with E-state index in [0.717, 1.165) is 0 Å². The minimum atomic E-state index is 0. The summed E-state index contributed by atoms with van der Waals surface area (Å²) in [5.41, 5.74) is 0. The summed E-state index contributed by atoms with van der Waals surface area (Å²) in [6.45, 7) is 4.42. The molecule has 0 saturated heterocycles. The molecule has 0 saturated carbocycles. The quantitative estimate of drug-likeness (QED) is 0.359. The van der Waals surface area contributed by atoms with Gasteiger partial charge < -0.3 is 2.85 Å². The Hall–Kier alpha value is 3.27. The predicted octanol–water partition coefficient (Wildman–Crippen LogP) is -3.57. The van der Waals surface area contributed by atoms with Crippen LogP contribution in [-0.2, 0) is 0 Å². The monoisotopic (exact) mass is 152 g/mol. The molecule has 0 heterocycles. The van der Waals surface area contributed by atoms with E-state index in [2.05, 4.69) is 13.8 Å². The molecule has 0 atom stereocenters. The van der Waals surface area contributed by atoms with Gasteiger partial charge in [-0.05, 0) is 0 Å². The van der Waals surface area contributed by atoms with E-state index in [1.54, 1.807) is 0 Å². The summed E-state index contributed by atoms with van der Waals surface area (Å²) in [5, 5.41) is 0. The van der Waals surface area contributed by atoms with Gasteiger partial charge in [0, 0.05) is 0 Å². The van der Waals surface area contributed by atoms with E-state index in [1.807, 2.05) is 0 Å². The van der Waals surface area contributed by atoms with Crippen molar-refractivity contribution in [3.05, 3.63) is 0 Å². The van der Waals surface area contributed by atoms with Gasteiger partial charge >= 0.3 is 103 Å². The zero-order chi connectivity index (χ0) is 4.12. The molecule has 0 aliphatic rings.